The summed E-state index contributed by atoms with van der Waals surface area (Å²) in [7, 11) is 0. The molecule has 2 heterocycles. The summed E-state index contributed by atoms with van der Waals surface area (Å²) >= 11 is 0. The molecule has 0 atom stereocenters. The Balaban J connectivity index is 1.52. The van der Waals surface area contributed by atoms with Gasteiger partial charge in [0.15, 0.2) is 17.2 Å². The van der Waals surface area contributed by atoms with E-state index in [9.17, 15) is 4.79 Å². The molecule has 0 saturated heterocycles. The van der Waals surface area contributed by atoms with E-state index in [1.807, 2.05) is 30.3 Å². The normalized spacial score (nSPS) is 12.2. The minimum atomic E-state index is -0.342. The van der Waals surface area contributed by atoms with Gasteiger partial charge in [-0.3, -0.25) is 4.79 Å². The minimum absolute atomic E-state index is 0.193. The second kappa shape index (κ2) is 5.45. The number of ether oxygens (including phenoxy) is 2. The van der Waals surface area contributed by atoms with Gasteiger partial charge < -0.3 is 14.8 Å². The first-order chi connectivity index (χ1) is 11.3. The Morgan fingerprint density at radius 2 is 1.91 bits per heavy atom. The van der Waals surface area contributed by atoms with Crippen LogP contribution in [0.1, 0.15) is 10.5 Å². The van der Waals surface area contributed by atoms with Gasteiger partial charge in [0.2, 0.25) is 6.79 Å². The molecule has 1 aromatic heterocycles. The molecule has 0 spiro atoms. The van der Waals surface area contributed by atoms with E-state index in [-0.39, 0.29) is 18.4 Å². The van der Waals surface area contributed by atoms with E-state index in [0.717, 1.165) is 5.69 Å². The number of fused-ring (bicyclic) bond motifs is 1. The molecule has 0 radical (unpaired) electrons. The molecular weight excluding hydrogens is 296 g/mol. The highest BCUT2D eigenvalue weighted by Crippen LogP contribution is 2.34. The summed E-state index contributed by atoms with van der Waals surface area (Å²) in [5.74, 6) is 0.930. The predicted octanol–water partition coefficient (Wildman–Crippen LogP) is 2.25. The number of amides is 1. The monoisotopic (exact) mass is 308 g/mol. The molecule has 1 aliphatic heterocycles. The van der Waals surface area contributed by atoms with Crippen molar-refractivity contribution >= 4 is 11.6 Å². The first kappa shape index (κ1) is 13.3. The zero-order valence-electron chi connectivity index (χ0n) is 12.0. The standard InChI is InChI=1S/C16H12N4O3/c21-16(18-11-6-7-14-15(8-11)23-10-22-14)13-9-17-20(19-13)12-4-2-1-3-5-12/h1-9H,10H2,(H,18,21). The largest absolute Gasteiger partial charge is 0.454 e. The van der Waals surface area contributed by atoms with Gasteiger partial charge in [0, 0.05) is 11.8 Å². The number of rotatable bonds is 3. The fraction of sp³-hybridized carbons (Fsp3) is 0.0625. The highest BCUT2D eigenvalue weighted by Gasteiger charge is 2.16. The fourth-order valence-corrected chi connectivity index (χ4v) is 2.22. The van der Waals surface area contributed by atoms with Crippen molar-refractivity contribution in [3.8, 4) is 17.2 Å². The Morgan fingerprint density at radius 3 is 2.78 bits per heavy atom. The zero-order valence-corrected chi connectivity index (χ0v) is 12.0. The maximum Gasteiger partial charge on any atom is 0.277 e. The molecule has 1 N–H and O–H groups in total. The number of nitrogens with one attached hydrogen (secondary N) is 1. The van der Waals surface area contributed by atoms with Gasteiger partial charge in [-0.2, -0.15) is 9.90 Å². The van der Waals surface area contributed by atoms with Crippen LogP contribution >= 0.6 is 0 Å². The molecule has 0 unspecified atom stereocenters. The van der Waals surface area contributed by atoms with Crippen molar-refractivity contribution in [2.75, 3.05) is 12.1 Å². The molecule has 1 amide bonds. The third kappa shape index (κ3) is 2.59. The van der Waals surface area contributed by atoms with Crippen LogP contribution in [-0.2, 0) is 0 Å². The summed E-state index contributed by atoms with van der Waals surface area (Å²) in [5, 5.41) is 11.1. The number of carbonyl (C=O) groups excluding carboxylic acids is 1. The second-order valence-electron chi connectivity index (χ2n) is 4.88. The second-order valence-corrected chi connectivity index (χ2v) is 4.88. The van der Waals surface area contributed by atoms with Gasteiger partial charge in [0.25, 0.3) is 5.91 Å². The molecule has 0 aliphatic carbocycles. The molecule has 0 bridgehead atoms. The molecular formula is C16H12N4O3. The van der Waals surface area contributed by atoms with Gasteiger partial charge in [-0.1, -0.05) is 18.2 Å². The van der Waals surface area contributed by atoms with Crippen molar-refractivity contribution < 1.29 is 14.3 Å². The summed E-state index contributed by atoms with van der Waals surface area (Å²) in [6.07, 6.45) is 1.43. The smallest absolute Gasteiger partial charge is 0.277 e. The quantitative estimate of drug-likeness (QED) is 0.803. The maximum absolute atomic E-state index is 12.3. The fourth-order valence-electron chi connectivity index (χ4n) is 2.22. The van der Waals surface area contributed by atoms with Crippen LogP contribution in [0.25, 0.3) is 5.69 Å². The molecule has 0 saturated carbocycles. The molecule has 0 fully saturated rings. The van der Waals surface area contributed by atoms with Crippen LogP contribution in [0.5, 0.6) is 11.5 Å². The van der Waals surface area contributed by atoms with Gasteiger partial charge in [-0.25, -0.2) is 0 Å². The number of para-hydroxylation sites is 1. The Morgan fingerprint density at radius 1 is 1.09 bits per heavy atom. The van der Waals surface area contributed by atoms with E-state index in [2.05, 4.69) is 15.5 Å². The van der Waals surface area contributed by atoms with Crippen molar-refractivity contribution in [2.24, 2.45) is 0 Å². The van der Waals surface area contributed by atoms with E-state index in [1.54, 1.807) is 18.2 Å². The Bertz CT molecular complexity index is 861. The van der Waals surface area contributed by atoms with Gasteiger partial charge in [-0.05, 0) is 24.3 Å². The van der Waals surface area contributed by atoms with Crippen LogP contribution in [0.15, 0.2) is 54.7 Å². The molecule has 114 valence electrons. The zero-order chi connectivity index (χ0) is 15.6. The van der Waals surface area contributed by atoms with Crippen LogP contribution in [0.4, 0.5) is 5.69 Å². The summed E-state index contributed by atoms with van der Waals surface area (Å²) in [6, 6.07) is 14.6. The lowest BCUT2D eigenvalue weighted by Crippen LogP contribution is -2.13. The number of aromatic nitrogens is 3. The predicted molar refractivity (Wildman–Crippen MR) is 81.9 cm³/mol. The van der Waals surface area contributed by atoms with Gasteiger partial charge >= 0.3 is 0 Å². The molecule has 2 aromatic carbocycles. The highest BCUT2D eigenvalue weighted by atomic mass is 16.7. The van der Waals surface area contributed by atoms with Gasteiger partial charge in [0.05, 0.1) is 11.9 Å². The van der Waals surface area contributed by atoms with Crippen LogP contribution in [0, 0.1) is 0 Å². The molecule has 23 heavy (non-hydrogen) atoms. The third-order valence-electron chi connectivity index (χ3n) is 3.34. The highest BCUT2D eigenvalue weighted by molar-refractivity contribution is 6.02. The van der Waals surface area contributed by atoms with Crippen molar-refractivity contribution in [3.63, 3.8) is 0 Å². The molecule has 7 nitrogen and oxygen atoms in total. The van der Waals surface area contributed by atoms with Crippen LogP contribution in [0.2, 0.25) is 0 Å². The number of benzene rings is 2. The van der Waals surface area contributed by atoms with Gasteiger partial charge in [0.1, 0.15) is 0 Å². The maximum atomic E-state index is 12.3. The topological polar surface area (TPSA) is 78.3 Å². The van der Waals surface area contributed by atoms with E-state index in [4.69, 9.17) is 9.47 Å². The lowest BCUT2D eigenvalue weighted by Gasteiger charge is -2.04. The van der Waals surface area contributed by atoms with Crippen LogP contribution < -0.4 is 14.8 Å². The lowest BCUT2D eigenvalue weighted by molar-refractivity contribution is 0.102. The Hall–Kier alpha value is -3.35. The number of anilines is 1. The third-order valence-corrected chi connectivity index (χ3v) is 3.34. The van der Waals surface area contributed by atoms with Crippen LogP contribution in [0.3, 0.4) is 0 Å². The lowest BCUT2D eigenvalue weighted by atomic mass is 10.2. The molecule has 1 aliphatic rings. The SMILES string of the molecule is O=C(Nc1ccc2c(c1)OCO2)c1cnn(-c2ccccc2)n1. The van der Waals surface area contributed by atoms with E-state index < -0.39 is 0 Å². The van der Waals surface area contributed by atoms with Crippen LogP contribution in [-0.4, -0.2) is 27.7 Å². The molecule has 3 aromatic rings. The van der Waals surface area contributed by atoms with Crippen molar-refractivity contribution in [3.05, 3.63) is 60.4 Å². The summed E-state index contributed by atoms with van der Waals surface area (Å²) in [6.45, 7) is 0.193. The average Bonchev–Trinajstić information content (AvgIpc) is 3.24. The number of hydrogen-bond acceptors (Lipinski definition) is 5. The number of nitrogens with zero attached hydrogens (tertiary/aromatic N) is 3. The van der Waals surface area contributed by atoms with Gasteiger partial charge in [-0.15, -0.1) is 5.10 Å². The number of hydrogen-bond donors (Lipinski definition) is 1. The van der Waals surface area contributed by atoms with Crippen molar-refractivity contribution in [1.82, 2.24) is 15.0 Å². The van der Waals surface area contributed by atoms with E-state index in [0.29, 0.717) is 17.2 Å². The van der Waals surface area contributed by atoms with E-state index in [1.165, 1.54) is 11.0 Å². The average molecular weight is 308 g/mol. The summed E-state index contributed by atoms with van der Waals surface area (Å²) in [5.41, 5.74) is 1.62. The van der Waals surface area contributed by atoms with Crippen molar-refractivity contribution in [2.45, 2.75) is 0 Å². The molecule has 4 rings (SSSR count). The number of carbonyl (C=O) groups is 1. The Labute approximate surface area is 131 Å². The summed E-state index contributed by atoms with van der Waals surface area (Å²) < 4.78 is 10.5. The Kier molecular flexibility index (Phi) is 3.16. The first-order valence-electron chi connectivity index (χ1n) is 6.98. The van der Waals surface area contributed by atoms with E-state index >= 15 is 0 Å². The van der Waals surface area contributed by atoms with Crippen molar-refractivity contribution in [1.29, 1.82) is 0 Å². The molecule has 7 heteroatoms. The minimum Gasteiger partial charge on any atom is -0.454 e. The summed E-state index contributed by atoms with van der Waals surface area (Å²) in [4.78, 5) is 13.7. The first-order valence-corrected chi connectivity index (χ1v) is 6.98.